The first-order chi connectivity index (χ1) is 15.2. The average molecular weight is 489 g/mol. The Bertz CT molecular complexity index is 1250. The lowest BCUT2D eigenvalue weighted by atomic mass is 9.95. The molecule has 9 heteroatoms. The minimum atomic E-state index is -0.877. The summed E-state index contributed by atoms with van der Waals surface area (Å²) in [6.45, 7) is 3.73. The number of methoxy groups -OCH3 is 1. The lowest BCUT2D eigenvalue weighted by Crippen LogP contribution is -2.29. The molecule has 0 aliphatic carbocycles. The molecule has 32 heavy (non-hydrogen) atoms. The minimum absolute atomic E-state index is 0.0518. The SMILES string of the molecule is COc1ccc(C(O)=C2C(=O)C(=O)N(c3nc(C)c(C)s3)[C@@H]2c2ccc(Cl)cc2)cc1Cl. The number of Topliss-reactive ketones (excluding diaryl/α,β-unsaturated/α-hetero) is 1. The Morgan fingerprint density at radius 2 is 1.81 bits per heavy atom. The summed E-state index contributed by atoms with van der Waals surface area (Å²) in [5.74, 6) is -1.48. The normalized spacial score (nSPS) is 17.8. The molecule has 164 valence electrons. The summed E-state index contributed by atoms with van der Waals surface area (Å²) in [6.07, 6.45) is 0. The summed E-state index contributed by atoms with van der Waals surface area (Å²) in [4.78, 5) is 33.0. The van der Waals surface area contributed by atoms with Crippen molar-refractivity contribution >= 4 is 57.1 Å². The van der Waals surface area contributed by atoms with Gasteiger partial charge < -0.3 is 9.84 Å². The molecule has 3 aromatic rings. The molecule has 1 saturated heterocycles. The van der Waals surface area contributed by atoms with Gasteiger partial charge in [0, 0.05) is 15.5 Å². The van der Waals surface area contributed by atoms with Crippen LogP contribution in [0, 0.1) is 13.8 Å². The van der Waals surface area contributed by atoms with Gasteiger partial charge in [-0.15, -0.1) is 11.3 Å². The number of aromatic nitrogens is 1. The summed E-state index contributed by atoms with van der Waals surface area (Å²) in [6, 6.07) is 10.5. The number of aliphatic hydroxyl groups excluding tert-OH is 1. The number of aryl methyl sites for hydroxylation is 2. The van der Waals surface area contributed by atoms with E-state index in [1.165, 1.54) is 29.4 Å². The van der Waals surface area contributed by atoms with Gasteiger partial charge in [0.2, 0.25) is 0 Å². The van der Waals surface area contributed by atoms with Crippen molar-refractivity contribution in [3.63, 3.8) is 0 Å². The molecule has 1 fully saturated rings. The van der Waals surface area contributed by atoms with Gasteiger partial charge in [0.25, 0.3) is 5.78 Å². The van der Waals surface area contributed by atoms with Crippen molar-refractivity contribution in [1.29, 1.82) is 0 Å². The zero-order chi connectivity index (χ0) is 23.2. The van der Waals surface area contributed by atoms with Gasteiger partial charge >= 0.3 is 5.91 Å². The Morgan fingerprint density at radius 3 is 2.38 bits per heavy atom. The monoisotopic (exact) mass is 488 g/mol. The molecule has 0 unspecified atom stereocenters. The third-order valence-electron chi connectivity index (χ3n) is 5.28. The molecule has 1 N–H and O–H groups in total. The minimum Gasteiger partial charge on any atom is -0.507 e. The molecule has 6 nitrogen and oxygen atoms in total. The second kappa shape index (κ2) is 8.58. The lowest BCUT2D eigenvalue weighted by molar-refractivity contribution is -0.132. The largest absolute Gasteiger partial charge is 0.507 e. The summed E-state index contributed by atoms with van der Waals surface area (Å²) in [7, 11) is 1.48. The Kier molecular flexibility index (Phi) is 5.99. The molecule has 4 rings (SSSR count). The first-order valence-electron chi connectivity index (χ1n) is 9.57. The van der Waals surface area contributed by atoms with Crippen molar-refractivity contribution in [3.8, 4) is 5.75 Å². The van der Waals surface area contributed by atoms with Gasteiger partial charge in [-0.3, -0.25) is 14.5 Å². The van der Waals surface area contributed by atoms with Crippen LogP contribution in [-0.4, -0.2) is 28.9 Å². The van der Waals surface area contributed by atoms with Crippen LogP contribution in [0.2, 0.25) is 10.0 Å². The number of amides is 1. The maximum Gasteiger partial charge on any atom is 0.301 e. The highest BCUT2D eigenvalue weighted by molar-refractivity contribution is 7.16. The zero-order valence-corrected chi connectivity index (χ0v) is 19.7. The number of ketones is 1. The molecule has 0 saturated carbocycles. The lowest BCUT2D eigenvalue weighted by Gasteiger charge is -2.23. The quantitative estimate of drug-likeness (QED) is 0.289. The van der Waals surface area contributed by atoms with Gasteiger partial charge in [-0.05, 0) is 49.7 Å². The number of anilines is 1. The van der Waals surface area contributed by atoms with Crippen molar-refractivity contribution < 1.29 is 19.4 Å². The highest BCUT2D eigenvalue weighted by Crippen LogP contribution is 2.44. The summed E-state index contributed by atoms with van der Waals surface area (Å²) < 4.78 is 5.16. The Balaban J connectivity index is 1.94. The van der Waals surface area contributed by atoms with Crippen LogP contribution in [0.4, 0.5) is 5.13 Å². The molecule has 1 aliphatic rings. The van der Waals surface area contributed by atoms with Crippen molar-refractivity contribution in [3.05, 3.63) is 79.8 Å². The number of halogens is 2. The smallest absolute Gasteiger partial charge is 0.301 e. The average Bonchev–Trinajstić information content (AvgIpc) is 3.23. The Labute approximate surface area is 198 Å². The van der Waals surface area contributed by atoms with E-state index < -0.39 is 17.7 Å². The molecule has 1 aliphatic heterocycles. The van der Waals surface area contributed by atoms with Crippen LogP contribution >= 0.6 is 34.5 Å². The number of aliphatic hydroxyl groups is 1. The fraction of sp³-hybridized carbons (Fsp3) is 0.174. The number of thiazole rings is 1. The van der Waals surface area contributed by atoms with E-state index in [0.717, 1.165) is 10.6 Å². The second-order valence-corrected chi connectivity index (χ2v) is 9.23. The molecule has 0 spiro atoms. The van der Waals surface area contributed by atoms with Gasteiger partial charge in [-0.1, -0.05) is 35.3 Å². The Morgan fingerprint density at radius 1 is 1.12 bits per heavy atom. The number of nitrogens with zero attached hydrogens (tertiary/aromatic N) is 2. The number of hydrogen-bond acceptors (Lipinski definition) is 6. The van der Waals surface area contributed by atoms with Crippen LogP contribution in [-0.2, 0) is 9.59 Å². The van der Waals surface area contributed by atoms with Gasteiger partial charge in [-0.2, -0.15) is 0 Å². The number of hydrogen-bond donors (Lipinski definition) is 1. The first-order valence-corrected chi connectivity index (χ1v) is 11.1. The molecule has 2 aromatic carbocycles. The predicted molar refractivity (Wildman–Crippen MR) is 126 cm³/mol. The maximum atomic E-state index is 13.1. The topological polar surface area (TPSA) is 79.7 Å². The Hall–Kier alpha value is -2.87. The molecule has 1 amide bonds. The molecule has 0 bridgehead atoms. The molecule has 0 radical (unpaired) electrons. The van der Waals surface area contributed by atoms with E-state index in [0.29, 0.717) is 27.0 Å². The van der Waals surface area contributed by atoms with Crippen molar-refractivity contribution in [2.45, 2.75) is 19.9 Å². The van der Waals surface area contributed by atoms with Crippen molar-refractivity contribution in [2.24, 2.45) is 0 Å². The highest BCUT2D eigenvalue weighted by atomic mass is 35.5. The third kappa shape index (κ3) is 3.77. The summed E-state index contributed by atoms with van der Waals surface area (Å²) in [5, 5.41) is 12.3. The van der Waals surface area contributed by atoms with E-state index in [1.54, 1.807) is 36.4 Å². The van der Waals surface area contributed by atoms with Crippen LogP contribution < -0.4 is 9.64 Å². The van der Waals surface area contributed by atoms with Crippen LogP contribution in [0.3, 0.4) is 0 Å². The highest BCUT2D eigenvalue weighted by Gasteiger charge is 2.48. The third-order valence-corrected chi connectivity index (χ3v) is 6.90. The molecule has 1 aromatic heterocycles. The second-order valence-electron chi connectivity index (χ2n) is 7.21. The van der Waals surface area contributed by atoms with E-state index in [-0.39, 0.29) is 16.4 Å². The summed E-state index contributed by atoms with van der Waals surface area (Å²) >= 11 is 13.6. The van der Waals surface area contributed by atoms with Gasteiger partial charge in [0.1, 0.15) is 11.5 Å². The fourth-order valence-electron chi connectivity index (χ4n) is 3.52. The molecular formula is C23H18Cl2N2O4S. The standard InChI is InChI=1S/C23H18Cl2N2O4S/c1-11-12(2)32-23(26-11)27-19(13-4-7-15(24)8-5-13)18(21(29)22(27)30)20(28)14-6-9-17(31-3)16(25)10-14/h4-10,19,28H,1-3H3/t19-/m1/s1. The van der Waals surface area contributed by atoms with E-state index in [4.69, 9.17) is 27.9 Å². The fourth-order valence-corrected chi connectivity index (χ4v) is 4.84. The van der Waals surface area contributed by atoms with Gasteiger partial charge in [0.15, 0.2) is 5.13 Å². The zero-order valence-electron chi connectivity index (χ0n) is 17.3. The van der Waals surface area contributed by atoms with Gasteiger partial charge in [0.05, 0.1) is 29.4 Å². The number of benzene rings is 2. The number of ether oxygens (including phenoxy) is 1. The van der Waals surface area contributed by atoms with E-state index in [2.05, 4.69) is 4.98 Å². The van der Waals surface area contributed by atoms with E-state index >= 15 is 0 Å². The number of carbonyl (C=O) groups is 2. The van der Waals surface area contributed by atoms with Crippen LogP contribution in [0.5, 0.6) is 5.75 Å². The number of rotatable bonds is 4. The predicted octanol–water partition coefficient (Wildman–Crippen LogP) is 5.70. The number of carbonyl (C=O) groups excluding carboxylic acids is 2. The summed E-state index contributed by atoms with van der Waals surface area (Å²) in [5.41, 5.74) is 1.62. The van der Waals surface area contributed by atoms with Gasteiger partial charge in [-0.25, -0.2) is 4.98 Å². The molecule has 2 heterocycles. The molecule has 1 atom stereocenters. The molecular weight excluding hydrogens is 471 g/mol. The van der Waals surface area contributed by atoms with Crippen molar-refractivity contribution in [1.82, 2.24) is 4.98 Å². The van der Waals surface area contributed by atoms with Crippen molar-refractivity contribution in [2.75, 3.05) is 12.0 Å². The van der Waals surface area contributed by atoms with Crippen LogP contribution in [0.25, 0.3) is 5.76 Å². The van der Waals surface area contributed by atoms with Crippen LogP contribution in [0.1, 0.15) is 27.7 Å². The maximum absolute atomic E-state index is 13.1. The van der Waals surface area contributed by atoms with E-state index in [9.17, 15) is 14.7 Å². The van der Waals surface area contributed by atoms with Crippen LogP contribution in [0.15, 0.2) is 48.0 Å². The van der Waals surface area contributed by atoms with E-state index in [1.807, 2.05) is 13.8 Å². The first kappa shape index (κ1) is 22.3.